The molecule has 1 heterocycles. The van der Waals surface area contributed by atoms with E-state index in [1.165, 1.54) is 6.07 Å². The molecule has 0 aliphatic heterocycles. The van der Waals surface area contributed by atoms with Crippen LogP contribution in [0.4, 0.5) is 13.2 Å². The fourth-order valence-corrected chi connectivity index (χ4v) is 1.86. The van der Waals surface area contributed by atoms with E-state index in [1.807, 2.05) is 0 Å². The molecule has 1 aromatic heterocycles. The van der Waals surface area contributed by atoms with Crippen LogP contribution in [0.5, 0.6) is 0 Å². The summed E-state index contributed by atoms with van der Waals surface area (Å²) in [6, 6.07) is 2.22. The van der Waals surface area contributed by atoms with E-state index in [1.54, 1.807) is 0 Å². The second-order valence-electron chi connectivity index (χ2n) is 3.94. The molecule has 0 amide bonds. The number of benzene rings is 1. The molecule has 1 aromatic carbocycles. The van der Waals surface area contributed by atoms with Crippen molar-refractivity contribution in [2.45, 2.75) is 12.2 Å². The number of alkyl halides is 3. The summed E-state index contributed by atoms with van der Waals surface area (Å²) in [5, 5.41) is 12.4. The number of rotatable bonds is 3. The molecule has 3 N–H and O–H groups in total. The zero-order chi connectivity index (χ0) is 14.9. The molecule has 0 saturated carbocycles. The van der Waals surface area contributed by atoms with Crippen molar-refractivity contribution in [3.05, 3.63) is 34.1 Å². The van der Waals surface area contributed by atoms with E-state index in [4.69, 9.17) is 15.4 Å². The third-order valence-electron chi connectivity index (χ3n) is 2.49. The highest BCUT2D eigenvalue weighted by Gasteiger charge is 2.31. The van der Waals surface area contributed by atoms with Crippen LogP contribution in [0.15, 0.2) is 27.2 Å². The van der Waals surface area contributed by atoms with Crippen LogP contribution < -0.4 is 5.73 Å². The number of aliphatic hydroxyl groups excluding tert-OH is 1. The van der Waals surface area contributed by atoms with E-state index >= 15 is 0 Å². The first kappa shape index (κ1) is 14.9. The van der Waals surface area contributed by atoms with Crippen molar-refractivity contribution in [1.82, 2.24) is 10.1 Å². The highest BCUT2D eigenvalue weighted by molar-refractivity contribution is 9.10. The fraction of sp³-hybridized carbons (Fsp3) is 0.273. The van der Waals surface area contributed by atoms with Crippen LogP contribution in [-0.2, 0) is 6.18 Å². The van der Waals surface area contributed by atoms with Gasteiger partial charge in [0.15, 0.2) is 5.82 Å². The van der Waals surface area contributed by atoms with Gasteiger partial charge in [-0.15, -0.1) is 0 Å². The third kappa shape index (κ3) is 3.00. The molecule has 0 spiro atoms. The summed E-state index contributed by atoms with van der Waals surface area (Å²) in [6.45, 7) is -0.400. The van der Waals surface area contributed by atoms with E-state index < -0.39 is 24.4 Å². The van der Waals surface area contributed by atoms with Gasteiger partial charge < -0.3 is 15.4 Å². The predicted molar refractivity (Wildman–Crippen MR) is 66.5 cm³/mol. The minimum Gasteiger partial charge on any atom is -0.394 e. The summed E-state index contributed by atoms with van der Waals surface area (Å²) in [7, 11) is 0. The molecule has 0 fully saturated rings. The lowest BCUT2D eigenvalue weighted by molar-refractivity contribution is -0.137. The van der Waals surface area contributed by atoms with Crippen LogP contribution >= 0.6 is 15.9 Å². The van der Waals surface area contributed by atoms with Crippen molar-refractivity contribution in [3.8, 4) is 11.5 Å². The van der Waals surface area contributed by atoms with Gasteiger partial charge in [0.05, 0.1) is 23.8 Å². The smallest absolute Gasteiger partial charge is 0.394 e. The Bertz CT molecular complexity index is 615. The summed E-state index contributed by atoms with van der Waals surface area (Å²) in [5.74, 6) is -0.0892. The number of hydrogen-bond acceptors (Lipinski definition) is 5. The molecule has 9 heteroatoms. The lowest BCUT2D eigenvalue weighted by Gasteiger charge is -2.08. The second-order valence-corrected chi connectivity index (χ2v) is 4.79. The van der Waals surface area contributed by atoms with Crippen molar-refractivity contribution in [2.75, 3.05) is 6.61 Å². The zero-order valence-electron chi connectivity index (χ0n) is 9.86. The average Bonchev–Trinajstić information content (AvgIpc) is 2.86. The van der Waals surface area contributed by atoms with Gasteiger partial charge >= 0.3 is 6.18 Å². The minimum atomic E-state index is -4.47. The molecule has 0 aliphatic carbocycles. The molecule has 0 radical (unpaired) electrons. The molecule has 20 heavy (non-hydrogen) atoms. The molecule has 2 aromatic rings. The molecular weight excluding hydrogens is 343 g/mol. The maximum absolute atomic E-state index is 12.7. The number of hydrogen-bond donors (Lipinski definition) is 2. The van der Waals surface area contributed by atoms with Crippen LogP contribution in [0.1, 0.15) is 17.4 Å². The molecule has 2 rings (SSSR count). The van der Waals surface area contributed by atoms with Crippen LogP contribution in [-0.4, -0.2) is 21.9 Å². The van der Waals surface area contributed by atoms with Crippen molar-refractivity contribution < 1.29 is 22.8 Å². The van der Waals surface area contributed by atoms with Crippen LogP contribution in [0.25, 0.3) is 11.5 Å². The molecule has 0 bridgehead atoms. The lowest BCUT2D eigenvalue weighted by atomic mass is 10.1. The standard InChI is InChI=1S/C11H9BrF3N3O2/c12-7-2-1-5(11(13,14)15)3-6(7)10-17-9(18-20-10)8(16)4-19/h1-3,8,19H,4,16H2. The highest BCUT2D eigenvalue weighted by atomic mass is 79.9. The van der Waals surface area contributed by atoms with Crippen molar-refractivity contribution >= 4 is 15.9 Å². The fourth-order valence-electron chi connectivity index (χ4n) is 1.44. The van der Waals surface area contributed by atoms with Crippen molar-refractivity contribution in [3.63, 3.8) is 0 Å². The average molecular weight is 352 g/mol. The molecular formula is C11H9BrF3N3O2. The largest absolute Gasteiger partial charge is 0.416 e. The van der Waals surface area contributed by atoms with Gasteiger partial charge in [0.25, 0.3) is 5.89 Å². The number of aliphatic hydroxyl groups is 1. The molecule has 0 saturated heterocycles. The number of nitrogens with two attached hydrogens (primary N) is 1. The SMILES string of the molecule is NC(CO)c1noc(-c2cc(C(F)(F)F)ccc2Br)n1. The molecule has 108 valence electrons. The monoisotopic (exact) mass is 351 g/mol. The van der Waals surface area contributed by atoms with Crippen LogP contribution in [0.2, 0.25) is 0 Å². The van der Waals surface area contributed by atoms with E-state index in [0.29, 0.717) is 4.47 Å². The first-order valence-corrected chi connectivity index (χ1v) is 6.19. The summed E-state index contributed by atoms with van der Waals surface area (Å²) in [4.78, 5) is 3.88. The van der Waals surface area contributed by atoms with Gasteiger partial charge in [-0.3, -0.25) is 0 Å². The summed E-state index contributed by atoms with van der Waals surface area (Å²) >= 11 is 3.12. The summed E-state index contributed by atoms with van der Waals surface area (Å²) < 4.78 is 43.3. The first-order chi connectivity index (χ1) is 9.32. The van der Waals surface area contributed by atoms with Gasteiger partial charge in [-0.25, -0.2) is 0 Å². The molecule has 5 nitrogen and oxygen atoms in total. The van der Waals surface area contributed by atoms with Gasteiger partial charge in [0.1, 0.15) is 0 Å². The van der Waals surface area contributed by atoms with Gasteiger partial charge in [-0.2, -0.15) is 18.2 Å². The maximum atomic E-state index is 12.7. The lowest BCUT2D eigenvalue weighted by Crippen LogP contribution is -2.15. The maximum Gasteiger partial charge on any atom is 0.416 e. The van der Waals surface area contributed by atoms with Crippen LogP contribution in [0, 0.1) is 0 Å². The van der Waals surface area contributed by atoms with Gasteiger partial charge in [0.2, 0.25) is 0 Å². The number of nitrogens with zero attached hydrogens (tertiary/aromatic N) is 2. The Hall–Kier alpha value is -1.45. The molecule has 0 aliphatic rings. The number of halogens is 4. The van der Waals surface area contributed by atoms with E-state index in [2.05, 4.69) is 26.1 Å². The topological polar surface area (TPSA) is 85.2 Å². The Morgan fingerprint density at radius 3 is 2.70 bits per heavy atom. The molecule has 1 unspecified atom stereocenters. The quantitative estimate of drug-likeness (QED) is 0.887. The van der Waals surface area contributed by atoms with Gasteiger partial charge in [-0.05, 0) is 34.1 Å². The van der Waals surface area contributed by atoms with Gasteiger partial charge in [0, 0.05) is 4.47 Å². The van der Waals surface area contributed by atoms with Crippen molar-refractivity contribution in [2.24, 2.45) is 5.73 Å². The Morgan fingerprint density at radius 1 is 1.40 bits per heavy atom. The van der Waals surface area contributed by atoms with Crippen molar-refractivity contribution in [1.29, 1.82) is 0 Å². The van der Waals surface area contributed by atoms with E-state index in [-0.39, 0.29) is 17.3 Å². The Kier molecular flexibility index (Phi) is 4.11. The zero-order valence-corrected chi connectivity index (χ0v) is 11.4. The summed E-state index contributed by atoms with van der Waals surface area (Å²) in [6.07, 6.45) is -4.47. The number of aromatic nitrogens is 2. The highest BCUT2D eigenvalue weighted by Crippen LogP contribution is 2.35. The molecule has 1 atom stereocenters. The van der Waals surface area contributed by atoms with Gasteiger partial charge in [-0.1, -0.05) is 5.16 Å². The Labute approximate surface area is 119 Å². The predicted octanol–water partition coefficient (Wildman–Crippen LogP) is 2.51. The van der Waals surface area contributed by atoms with E-state index in [9.17, 15) is 13.2 Å². The Balaban J connectivity index is 2.44. The first-order valence-electron chi connectivity index (χ1n) is 5.40. The second kappa shape index (κ2) is 5.51. The minimum absolute atomic E-state index is 0.0202. The summed E-state index contributed by atoms with van der Waals surface area (Å²) in [5.41, 5.74) is 4.77. The normalized spacial score (nSPS) is 13.5. The Morgan fingerprint density at radius 2 is 2.10 bits per heavy atom. The van der Waals surface area contributed by atoms with E-state index in [0.717, 1.165) is 12.1 Å². The van der Waals surface area contributed by atoms with Crippen LogP contribution in [0.3, 0.4) is 0 Å². The third-order valence-corrected chi connectivity index (χ3v) is 3.19.